The molecule has 1 aromatic carbocycles. The molecule has 0 amide bonds. The minimum Gasteiger partial charge on any atom is -0.493 e. The fraction of sp³-hybridized carbons (Fsp3) is 0.231. The van der Waals surface area contributed by atoms with Gasteiger partial charge in [0.1, 0.15) is 11.4 Å². The number of rotatable bonds is 6. The molecule has 0 bridgehead atoms. The maximum Gasteiger partial charge on any atom is 0.335 e. The van der Waals surface area contributed by atoms with Crippen molar-refractivity contribution in [2.75, 3.05) is 18.2 Å². The average Bonchev–Trinajstić information content (AvgIpc) is 2.51. The maximum atomic E-state index is 11.6. The summed E-state index contributed by atoms with van der Waals surface area (Å²) < 4.78 is 6.42. The van der Waals surface area contributed by atoms with Crippen molar-refractivity contribution in [2.45, 2.75) is 12.1 Å². The van der Waals surface area contributed by atoms with Crippen molar-refractivity contribution >= 4 is 17.7 Å². The molecule has 1 aromatic heterocycles. The molecule has 0 aliphatic carbocycles. The summed E-state index contributed by atoms with van der Waals surface area (Å²) in [4.78, 5) is 22.3. The van der Waals surface area contributed by atoms with Gasteiger partial charge < -0.3 is 15.7 Å². The normalized spacial score (nSPS) is 10.4. The van der Waals surface area contributed by atoms with Gasteiger partial charge in [-0.05, 0) is 31.2 Å². The second-order valence-electron chi connectivity index (χ2n) is 4.27. The Bertz CT molecular complexity index is 730. The van der Waals surface area contributed by atoms with Gasteiger partial charge in [0.2, 0.25) is 5.16 Å². The second-order valence-corrected chi connectivity index (χ2v) is 5.33. The van der Waals surface area contributed by atoms with E-state index in [1.54, 1.807) is 12.1 Å². The number of ether oxygens (including phenoxy) is 1. The number of thioether (sulfide) groups is 1. The van der Waals surface area contributed by atoms with Gasteiger partial charge >= 0.3 is 5.97 Å². The summed E-state index contributed by atoms with van der Waals surface area (Å²) in [7, 11) is 0. The first-order valence-electron chi connectivity index (χ1n) is 6.29. The van der Waals surface area contributed by atoms with Crippen LogP contribution in [-0.2, 0) is 0 Å². The monoisotopic (exact) mass is 322 g/mol. The number of carboxylic acids is 1. The van der Waals surface area contributed by atoms with Crippen LogP contribution < -0.4 is 16.1 Å². The lowest BCUT2D eigenvalue weighted by molar-refractivity contribution is 0.0697. The summed E-state index contributed by atoms with van der Waals surface area (Å²) in [6.07, 6.45) is 0. The molecule has 8 nitrogen and oxygen atoms in total. The van der Waals surface area contributed by atoms with Gasteiger partial charge in [0.05, 0.1) is 12.2 Å². The number of aryl methyl sites for hydroxylation is 1. The predicted molar refractivity (Wildman–Crippen MR) is 80.8 cm³/mol. The number of carboxylic acid groups (broad SMARTS) is 1. The molecule has 116 valence electrons. The number of nitrogen functional groups attached to an aromatic ring is 1. The van der Waals surface area contributed by atoms with Gasteiger partial charge in [-0.1, -0.05) is 11.8 Å². The van der Waals surface area contributed by atoms with Crippen LogP contribution in [-0.4, -0.2) is 38.3 Å². The van der Waals surface area contributed by atoms with Crippen molar-refractivity contribution in [1.82, 2.24) is 14.9 Å². The molecule has 9 heteroatoms. The summed E-state index contributed by atoms with van der Waals surface area (Å²) in [5, 5.41) is 16.7. The third-order valence-corrected chi connectivity index (χ3v) is 3.61. The summed E-state index contributed by atoms with van der Waals surface area (Å²) in [5.41, 5.74) is 0.0492. The van der Waals surface area contributed by atoms with E-state index in [-0.39, 0.29) is 16.8 Å². The van der Waals surface area contributed by atoms with Gasteiger partial charge in [0, 0.05) is 5.75 Å². The molecule has 0 saturated carbocycles. The highest BCUT2D eigenvalue weighted by molar-refractivity contribution is 7.99. The van der Waals surface area contributed by atoms with Crippen molar-refractivity contribution in [3.05, 3.63) is 45.9 Å². The van der Waals surface area contributed by atoms with E-state index in [1.807, 2.05) is 0 Å². The van der Waals surface area contributed by atoms with Gasteiger partial charge in [0.25, 0.3) is 5.56 Å². The predicted octanol–water partition coefficient (Wildman–Crippen LogP) is 0.530. The largest absolute Gasteiger partial charge is 0.493 e. The maximum absolute atomic E-state index is 11.6. The fourth-order valence-electron chi connectivity index (χ4n) is 1.55. The molecule has 0 saturated heterocycles. The molecular weight excluding hydrogens is 308 g/mol. The van der Waals surface area contributed by atoms with Crippen LogP contribution >= 0.6 is 11.8 Å². The summed E-state index contributed by atoms with van der Waals surface area (Å²) in [6, 6.07) is 6.10. The third-order valence-electron chi connectivity index (χ3n) is 2.70. The van der Waals surface area contributed by atoms with E-state index < -0.39 is 5.97 Å². The number of hydrogen-bond donors (Lipinski definition) is 2. The van der Waals surface area contributed by atoms with Crippen LogP contribution in [0.3, 0.4) is 0 Å². The molecule has 0 radical (unpaired) electrons. The third kappa shape index (κ3) is 3.76. The number of aromatic carboxylic acids is 1. The van der Waals surface area contributed by atoms with Gasteiger partial charge in [-0.2, -0.15) is 4.68 Å². The average molecular weight is 322 g/mol. The van der Waals surface area contributed by atoms with Crippen molar-refractivity contribution in [3.63, 3.8) is 0 Å². The van der Waals surface area contributed by atoms with Crippen LogP contribution in [0.15, 0.2) is 34.2 Å². The Kier molecular flexibility index (Phi) is 4.99. The number of benzene rings is 1. The Morgan fingerprint density at radius 2 is 2.05 bits per heavy atom. The first-order chi connectivity index (χ1) is 10.5. The highest BCUT2D eigenvalue weighted by Crippen LogP contribution is 2.14. The first-order valence-corrected chi connectivity index (χ1v) is 7.28. The van der Waals surface area contributed by atoms with E-state index in [0.29, 0.717) is 23.3 Å². The highest BCUT2D eigenvalue weighted by Gasteiger charge is 2.07. The molecule has 22 heavy (non-hydrogen) atoms. The summed E-state index contributed by atoms with van der Waals surface area (Å²) in [5.74, 6) is 5.69. The van der Waals surface area contributed by atoms with Crippen molar-refractivity contribution < 1.29 is 14.6 Å². The van der Waals surface area contributed by atoms with E-state index in [0.717, 1.165) is 4.68 Å². The zero-order chi connectivity index (χ0) is 16.1. The molecule has 0 spiro atoms. The summed E-state index contributed by atoms with van der Waals surface area (Å²) in [6.45, 7) is 1.89. The number of carbonyl (C=O) groups is 1. The van der Waals surface area contributed by atoms with Crippen LogP contribution in [0.4, 0.5) is 0 Å². The van der Waals surface area contributed by atoms with E-state index in [9.17, 15) is 9.59 Å². The second kappa shape index (κ2) is 6.94. The van der Waals surface area contributed by atoms with Gasteiger partial charge in [-0.25, -0.2) is 4.79 Å². The smallest absolute Gasteiger partial charge is 0.335 e. The molecule has 2 aromatic rings. The Morgan fingerprint density at radius 3 is 2.68 bits per heavy atom. The van der Waals surface area contributed by atoms with Crippen LogP contribution in [0.25, 0.3) is 0 Å². The molecule has 0 atom stereocenters. The van der Waals surface area contributed by atoms with Crippen LogP contribution in [0.1, 0.15) is 16.1 Å². The van der Waals surface area contributed by atoms with E-state index in [1.165, 1.54) is 30.8 Å². The molecule has 0 aliphatic rings. The molecule has 0 unspecified atom stereocenters. The zero-order valence-electron chi connectivity index (χ0n) is 11.7. The highest BCUT2D eigenvalue weighted by atomic mass is 32.2. The topological polar surface area (TPSA) is 120 Å². The quantitative estimate of drug-likeness (QED) is 0.449. The number of hydrogen-bond acceptors (Lipinski definition) is 7. The minimum absolute atomic E-state index is 0.198. The van der Waals surface area contributed by atoms with Crippen molar-refractivity contribution in [2.24, 2.45) is 0 Å². The first kappa shape index (κ1) is 15.8. The minimum atomic E-state index is -0.985. The molecule has 0 fully saturated rings. The van der Waals surface area contributed by atoms with Crippen LogP contribution in [0, 0.1) is 6.92 Å². The van der Waals surface area contributed by atoms with Crippen molar-refractivity contribution in [1.29, 1.82) is 0 Å². The Hall–Kier alpha value is -2.55. The lowest BCUT2D eigenvalue weighted by Crippen LogP contribution is -2.32. The number of aromatic nitrogens is 3. The Morgan fingerprint density at radius 1 is 1.36 bits per heavy atom. The van der Waals surface area contributed by atoms with Gasteiger partial charge in [0.15, 0.2) is 0 Å². The van der Waals surface area contributed by atoms with Crippen LogP contribution in [0.2, 0.25) is 0 Å². The zero-order valence-corrected chi connectivity index (χ0v) is 12.5. The van der Waals surface area contributed by atoms with E-state index in [2.05, 4.69) is 10.2 Å². The van der Waals surface area contributed by atoms with E-state index in [4.69, 9.17) is 15.7 Å². The lowest BCUT2D eigenvalue weighted by Gasteiger charge is -2.07. The Balaban J connectivity index is 1.86. The number of nitrogens with two attached hydrogens (primary N) is 1. The molecule has 2 rings (SSSR count). The molecule has 3 N–H and O–H groups in total. The summed E-state index contributed by atoms with van der Waals surface area (Å²) >= 11 is 1.24. The molecular formula is C13H14N4O4S. The van der Waals surface area contributed by atoms with Gasteiger partial charge in [-0.3, -0.25) is 4.79 Å². The van der Waals surface area contributed by atoms with Crippen LogP contribution in [0.5, 0.6) is 5.75 Å². The SMILES string of the molecule is Cc1nnc(SCCOc2ccc(C(=O)O)cc2)n(N)c1=O. The fourth-order valence-corrected chi connectivity index (χ4v) is 2.22. The molecule has 1 heterocycles. The van der Waals surface area contributed by atoms with E-state index >= 15 is 0 Å². The lowest BCUT2D eigenvalue weighted by atomic mass is 10.2. The standard InChI is InChI=1S/C13H14N4O4S/c1-8-11(18)17(14)13(16-15-8)22-7-6-21-10-4-2-9(3-5-10)12(19)20/h2-5H,6-7,14H2,1H3,(H,19,20). The molecule has 0 aliphatic heterocycles. The number of nitrogens with zero attached hydrogens (tertiary/aromatic N) is 3. The van der Waals surface area contributed by atoms with Crippen molar-refractivity contribution in [3.8, 4) is 5.75 Å². The van der Waals surface area contributed by atoms with Gasteiger partial charge in [-0.15, -0.1) is 10.2 Å². The Labute approximate surface area is 129 Å².